The lowest BCUT2D eigenvalue weighted by Gasteiger charge is -2.08. The fraction of sp³-hybridized carbons (Fsp3) is 0.0435. The molecular weight excluding hydrogens is 384 g/mol. The number of hydrogen-bond donors (Lipinski definition) is 1. The molecule has 4 aromatic rings. The minimum atomic E-state index is -0.487. The van der Waals surface area contributed by atoms with Crippen LogP contribution in [0, 0.1) is 17.0 Å². The Morgan fingerprint density at radius 2 is 1.73 bits per heavy atom. The molecule has 1 heterocycles. The summed E-state index contributed by atoms with van der Waals surface area (Å²) < 4.78 is 5.36. The molecule has 30 heavy (non-hydrogen) atoms. The van der Waals surface area contributed by atoms with Gasteiger partial charge in [0.15, 0.2) is 0 Å². The summed E-state index contributed by atoms with van der Waals surface area (Å²) >= 11 is 0. The number of benzene rings is 3. The highest BCUT2D eigenvalue weighted by Crippen LogP contribution is 2.23. The first-order valence-electron chi connectivity index (χ1n) is 9.12. The number of aryl methyl sites for hydroxylation is 1. The summed E-state index contributed by atoms with van der Waals surface area (Å²) in [5.41, 5.74) is 2.40. The summed E-state index contributed by atoms with van der Waals surface area (Å²) in [6, 6.07) is 20.0. The van der Waals surface area contributed by atoms with Gasteiger partial charge < -0.3 is 9.73 Å². The molecule has 7 heteroatoms. The van der Waals surface area contributed by atoms with E-state index in [1.165, 1.54) is 18.2 Å². The Kier molecular flexibility index (Phi) is 4.85. The van der Waals surface area contributed by atoms with Gasteiger partial charge in [-0.3, -0.25) is 14.9 Å². The molecule has 0 aliphatic rings. The van der Waals surface area contributed by atoms with Gasteiger partial charge in [-0.15, -0.1) is 0 Å². The number of nitro groups is 1. The van der Waals surface area contributed by atoms with Crippen LogP contribution in [-0.4, -0.2) is 10.8 Å². The van der Waals surface area contributed by atoms with Crippen LogP contribution in [0.4, 0.5) is 11.4 Å². The SMILES string of the molecule is Cc1cc(C(=O)Nc2ccc(-c3cc4ccccc4oc3=O)cc2)ccc1[N+](=O)[O-]. The van der Waals surface area contributed by atoms with E-state index in [1.54, 1.807) is 49.4 Å². The molecule has 0 aliphatic heterocycles. The Morgan fingerprint density at radius 1 is 1.00 bits per heavy atom. The van der Waals surface area contributed by atoms with Crippen LogP contribution in [0.5, 0.6) is 0 Å². The van der Waals surface area contributed by atoms with E-state index in [1.807, 2.05) is 12.1 Å². The van der Waals surface area contributed by atoms with Gasteiger partial charge in [0, 0.05) is 28.3 Å². The highest BCUT2D eigenvalue weighted by atomic mass is 16.6. The lowest BCUT2D eigenvalue weighted by Crippen LogP contribution is -2.12. The Hall–Kier alpha value is -4.26. The molecule has 0 bridgehead atoms. The first-order chi connectivity index (χ1) is 14.4. The monoisotopic (exact) mass is 400 g/mol. The van der Waals surface area contributed by atoms with Gasteiger partial charge in [-0.2, -0.15) is 0 Å². The number of fused-ring (bicyclic) bond motifs is 1. The minimum absolute atomic E-state index is 0.0369. The maximum Gasteiger partial charge on any atom is 0.344 e. The van der Waals surface area contributed by atoms with Crippen molar-refractivity contribution in [3.63, 3.8) is 0 Å². The van der Waals surface area contributed by atoms with Crippen molar-refractivity contribution in [2.24, 2.45) is 0 Å². The number of nitro benzene ring substituents is 1. The number of nitrogens with zero attached hydrogens (tertiary/aromatic N) is 1. The lowest BCUT2D eigenvalue weighted by molar-refractivity contribution is -0.385. The standard InChI is InChI=1S/C23H16N2O5/c1-14-12-17(8-11-20(14)25(28)29)22(26)24-18-9-6-15(7-10-18)19-13-16-4-2-3-5-21(16)30-23(19)27/h2-13H,1H3,(H,24,26). The average molecular weight is 400 g/mol. The summed E-state index contributed by atoms with van der Waals surface area (Å²) in [5.74, 6) is -0.383. The van der Waals surface area contributed by atoms with Crippen LogP contribution in [-0.2, 0) is 0 Å². The third-order valence-corrected chi connectivity index (χ3v) is 4.75. The van der Waals surface area contributed by atoms with Crippen molar-refractivity contribution in [2.45, 2.75) is 6.92 Å². The molecule has 7 nitrogen and oxygen atoms in total. The first kappa shape index (κ1) is 19.1. The average Bonchev–Trinajstić information content (AvgIpc) is 2.73. The Labute approximate surface area is 170 Å². The fourth-order valence-electron chi connectivity index (χ4n) is 3.20. The Bertz CT molecular complexity index is 1340. The lowest BCUT2D eigenvalue weighted by atomic mass is 10.1. The third kappa shape index (κ3) is 3.68. The van der Waals surface area contributed by atoms with Crippen molar-refractivity contribution in [2.75, 3.05) is 5.32 Å². The number of rotatable bonds is 4. The number of para-hydroxylation sites is 1. The number of amides is 1. The molecule has 0 unspecified atom stereocenters. The minimum Gasteiger partial charge on any atom is -0.422 e. The summed E-state index contributed by atoms with van der Waals surface area (Å²) in [7, 11) is 0. The second kappa shape index (κ2) is 7.63. The van der Waals surface area contributed by atoms with Crippen molar-refractivity contribution >= 4 is 28.3 Å². The van der Waals surface area contributed by atoms with Gasteiger partial charge in [-0.25, -0.2) is 4.79 Å². The molecule has 3 aromatic carbocycles. The quantitative estimate of drug-likeness (QED) is 0.297. The smallest absolute Gasteiger partial charge is 0.344 e. The van der Waals surface area contributed by atoms with E-state index < -0.39 is 10.5 Å². The maximum absolute atomic E-state index is 12.5. The Morgan fingerprint density at radius 3 is 2.43 bits per heavy atom. The maximum atomic E-state index is 12.5. The van der Waals surface area contributed by atoms with E-state index in [-0.39, 0.29) is 11.6 Å². The van der Waals surface area contributed by atoms with Crippen LogP contribution in [0.3, 0.4) is 0 Å². The van der Waals surface area contributed by atoms with Gasteiger partial charge in [0.25, 0.3) is 11.6 Å². The summed E-state index contributed by atoms with van der Waals surface area (Å²) in [6.07, 6.45) is 0. The number of carbonyl (C=O) groups excluding carboxylic acids is 1. The van der Waals surface area contributed by atoms with Crippen LogP contribution in [0.25, 0.3) is 22.1 Å². The number of carbonyl (C=O) groups is 1. The second-order valence-electron chi connectivity index (χ2n) is 6.78. The molecule has 4 rings (SSSR count). The molecule has 1 aromatic heterocycles. The van der Waals surface area contributed by atoms with Gasteiger partial charge in [0.05, 0.1) is 10.5 Å². The summed E-state index contributed by atoms with van der Waals surface area (Å²) in [5, 5.41) is 14.5. The summed E-state index contributed by atoms with van der Waals surface area (Å²) in [4.78, 5) is 35.2. The molecule has 0 atom stereocenters. The molecule has 1 amide bonds. The fourth-order valence-corrected chi connectivity index (χ4v) is 3.20. The molecule has 0 saturated carbocycles. The van der Waals surface area contributed by atoms with Gasteiger partial charge in [-0.1, -0.05) is 30.3 Å². The number of anilines is 1. The molecule has 0 saturated heterocycles. The highest BCUT2D eigenvalue weighted by Gasteiger charge is 2.14. The van der Waals surface area contributed by atoms with Crippen molar-refractivity contribution in [3.05, 3.63) is 104 Å². The van der Waals surface area contributed by atoms with Crippen molar-refractivity contribution in [3.8, 4) is 11.1 Å². The van der Waals surface area contributed by atoms with Crippen molar-refractivity contribution in [1.29, 1.82) is 0 Å². The van der Waals surface area contributed by atoms with E-state index in [9.17, 15) is 19.7 Å². The predicted octanol–water partition coefficient (Wildman–Crippen LogP) is 4.93. The molecule has 0 spiro atoms. The molecule has 0 radical (unpaired) electrons. The molecule has 0 fully saturated rings. The number of hydrogen-bond acceptors (Lipinski definition) is 5. The molecule has 148 valence electrons. The predicted molar refractivity (Wildman–Crippen MR) is 114 cm³/mol. The van der Waals surface area contributed by atoms with Crippen molar-refractivity contribution in [1.82, 2.24) is 0 Å². The van der Waals surface area contributed by atoms with E-state index in [4.69, 9.17) is 4.42 Å². The van der Waals surface area contributed by atoms with E-state index >= 15 is 0 Å². The van der Waals surface area contributed by atoms with Crippen molar-refractivity contribution < 1.29 is 14.1 Å². The van der Waals surface area contributed by atoms with Crippen LogP contribution in [0.15, 0.2) is 82.0 Å². The zero-order chi connectivity index (χ0) is 21.3. The van der Waals surface area contributed by atoms with Gasteiger partial charge in [0.2, 0.25) is 0 Å². The van der Waals surface area contributed by atoms with E-state index in [0.29, 0.717) is 33.5 Å². The number of nitrogens with one attached hydrogen (secondary N) is 1. The molecule has 0 aliphatic carbocycles. The third-order valence-electron chi connectivity index (χ3n) is 4.75. The molecule has 1 N–H and O–H groups in total. The Balaban J connectivity index is 1.56. The second-order valence-corrected chi connectivity index (χ2v) is 6.78. The van der Waals surface area contributed by atoms with Crippen LogP contribution in [0.1, 0.15) is 15.9 Å². The largest absolute Gasteiger partial charge is 0.422 e. The van der Waals surface area contributed by atoms with Crippen LogP contribution in [0.2, 0.25) is 0 Å². The highest BCUT2D eigenvalue weighted by molar-refractivity contribution is 6.04. The zero-order valence-electron chi connectivity index (χ0n) is 15.9. The van der Waals surface area contributed by atoms with E-state index in [2.05, 4.69) is 5.32 Å². The normalized spacial score (nSPS) is 10.7. The summed E-state index contributed by atoms with van der Waals surface area (Å²) in [6.45, 7) is 1.58. The van der Waals surface area contributed by atoms with Gasteiger partial charge in [-0.05, 0) is 48.9 Å². The zero-order valence-corrected chi connectivity index (χ0v) is 15.9. The van der Waals surface area contributed by atoms with Crippen LogP contribution >= 0.6 is 0 Å². The molecular formula is C23H16N2O5. The van der Waals surface area contributed by atoms with Crippen LogP contribution < -0.4 is 10.9 Å². The van der Waals surface area contributed by atoms with Gasteiger partial charge >= 0.3 is 5.63 Å². The van der Waals surface area contributed by atoms with Gasteiger partial charge in [0.1, 0.15) is 5.58 Å². The topological polar surface area (TPSA) is 102 Å². The van der Waals surface area contributed by atoms with E-state index in [0.717, 1.165) is 5.39 Å². The first-order valence-corrected chi connectivity index (χ1v) is 9.12.